The topological polar surface area (TPSA) is 74.2 Å². The standard InChI is InChI=1S/C13H21O6P/c1-4-18-20(14,15)19-7-5-6-11-8-12(16-2)10-13(9-11)17-3/h8-10H,4-7H2,1-3H3,(H,14,15). The van der Waals surface area contributed by atoms with Crippen LogP contribution in [0.3, 0.4) is 0 Å². The highest BCUT2D eigenvalue weighted by molar-refractivity contribution is 7.47. The first-order valence-corrected chi connectivity index (χ1v) is 7.84. The number of benzene rings is 1. The summed E-state index contributed by atoms with van der Waals surface area (Å²) in [7, 11) is -0.716. The molecule has 1 N–H and O–H groups in total. The molecule has 1 aromatic carbocycles. The molecule has 0 spiro atoms. The van der Waals surface area contributed by atoms with Gasteiger partial charge in [-0.2, -0.15) is 0 Å². The average molecular weight is 304 g/mol. The van der Waals surface area contributed by atoms with E-state index in [0.717, 1.165) is 5.56 Å². The van der Waals surface area contributed by atoms with Crippen LogP contribution in [-0.2, 0) is 20.0 Å². The molecule has 0 aromatic heterocycles. The van der Waals surface area contributed by atoms with Crippen LogP contribution in [0.15, 0.2) is 18.2 Å². The molecule has 1 unspecified atom stereocenters. The zero-order valence-corrected chi connectivity index (χ0v) is 12.9. The molecule has 7 heteroatoms. The van der Waals surface area contributed by atoms with E-state index in [-0.39, 0.29) is 13.2 Å². The third kappa shape index (κ3) is 5.92. The molecule has 1 atom stereocenters. The molecular formula is C13H21O6P. The fourth-order valence-electron chi connectivity index (χ4n) is 1.67. The van der Waals surface area contributed by atoms with Crippen LogP contribution in [-0.4, -0.2) is 32.3 Å². The van der Waals surface area contributed by atoms with Crippen molar-refractivity contribution in [2.24, 2.45) is 0 Å². The van der Waals surface area contributed by atoms with Gasteiger partial charge in [0.15, 0.2) is 0 Å². The SMILES string of the molecule is CCOP(=O)(O)OCCCc1cc(OC)cc(OC)c1. The van der Waals surface area contributed by atoms with Gasteiger partial charge in [0.2, 0.25) is 0 Å². The summed E-state index contributed by atoms with van der Waals surface area (Å²) in [6, 6.07) is 5.57. The molecular weight excluding hydrogens is 283 g/mol. The van der Waals surface area contributed by atoms with Crippen molar-refractivity contribution in [3.63, 3.8) is 0 Å². The summed E-state index contributed by atoms with van der Waals surface area (Å²) in [6.07, 6.45) is 1.27. The van der Waals surface area contributed by atoms with Gasteiger partial charge in [-0.3, -0.25) is 9.05 Å². The smallest absolute Gasteiger partial charge is 0.472 e. The molecule has 0 saturated carbocycles. The van der Waals surface area contributed by atoms with Crippen molar-refractivity contribution in [3.8, 4) is 11.5 Å². The molecule has 0 saturated heterocycles. The van der Waals surface area contributed by atoms with E-state index < -0.39 is 7.82 Å². The second-order valence-corrected chi connectivity index (χ2v) is 5.50. The minimum atomic E-state index is -3.89. The first-order chi connectivity index (χ1) is 9.50. The molecule has 0 aliphatic carbocycles. The Morgan fingerprint density at radius 3 is 2.20 bits per heavy atom. The van der Waals surface area contributed by atoms with E-state index in [4.69, 9.17) is 14.0 Å². The number of rotatable bonds is 9. The summed E-state index contributed by atoms with van der Waals surface area (Å²) in [5, 5.41) is 0. The molecule has 114 valence electrons. The second-order valence-electron chi connectivity index (χ2n) is 4.04. The van der Waals surface area contributed by atoms with Gasteiger partial charge in [0.25, 0.3) is 0 Å². The second kappa shape index (κ2) is 8.27. The summed E-state index contributed by atoms with van der Waals surface area (Å²) >= 11 is 0. The highest BCUT2D eigenvalue weighted by Crippen LogP contribution is 2.42. The van der Waals surface area contributed by atoms with Crippen molar-refractivity contribution in [3.05, 3.63) is 23.8 Å². The van der Waals surface area contributed by atoms with E-state index in [0.29, 0.717) is 24.3 Å². The van der Waals surface area contributed by atoms with Gasteiger partial charge in [0, 0.05) is 6.07 Å². The van der Waals surface area contributed by atoms with Crippen LogP contribution in [0.25, 0.3) is 0 Å². The first-order valence-electron chi connectivity index (χ1n) is 6.34. The monoisotopic (exact) mass is 304 g/mol. The van der Waals surface area contributed by atoms with Crippen molar-refractivity contribution < 1.29 is 28.0 Å². The number of hydrogen-bond donors (Lipinski definition) is 1. The molecule has 6 nitrogen and oxygen atoms in total. The lowest BCUT2D eigenvalue weighted by molar-refractivity contribution is 0.154. The third-order valence-electron chi connectivity index (χ3n) is 2.57. The Morgan fingerprint density at radius 2 is 1.70 bits per heavy atom. The fraction of sp³-hybridized carbons (Fsp3) is 0.538. The van der Waals surface area contributed by atoms with E-state index in [1.54, 1.807) is 27.2 Å². The predicted molar refractivity (Wildman–Crippen MR) is 75.3 cm³/mol. The van der Waals surface area contributed by atoms with Crippen LogP contribution < -0.4 is 9.47 Å². The molecule has 0 aliphatic rings. The Hall–Kier alpha value is -1.07. The molecule has 0 bridgehead atoms. The van der Waals surface area contributed by atoms with Crippen molar-refractivity contribution >= 4 is 7.82 Å². The summed E-state index contributed by atoms with van der Waals surface area (Å²) < 4.78 is 31.1. The molecule has 20 heavy (non-hydrogen) atoms. The Labute approximate surface area is 119 Å². The van der Waals surface area contributed by atoms with Gasteiger partial charge in [-0.05, 0) is 37.5 Å². The summed E-state index contributed by atoms with van der Waals surface area (Å²) in [4.78, 5) is 9.25. The average Bonchev–Trinajstić information content (AvgIpc) is 2.43. The third-order valence-corrected chi connectivity index (χ3v) is 3.66. The van der Waals surface area contributed by atoms with Crippen molar-refractivity contribution in [2.75, 3.05) is 27.4 Å². The number of methoxy groups -OCH3 is 2. The number of phosphoric ester groups is 1. The van der Waals surface area contributed by atoms with Gasteiger partial charge in [0.05, 0.1) is 27.4 Å². The number of ether oxygens (including phenoxy) is 2. The zero-order chi connectivity index (χ0) is 15.0. The lowest BCUT2D eigenvalue weighted by Crippen LogP contribution is -1.99. The maximum Gasteiger partial charge on any atom is 0.472 e. The Kier molecular flexibility index (Phi) is 7.02. The number of aryl methyl sites for hydroxylation is 1. The minimum Gasteiger partial charge on any atom is -0.497 e. The maximum absolute atomic E-state index is 11.3. The van der Waals surface area contributed by atoms with Gasteiger partial charge in [-0.1, -0.05) is 0 Å². The van der Waals surface area contributed by atoms with E-state index in [1.807, 2.05) is 12.1 Å². The van der Waals surface area contributed by atoms with Gasteiger partial charge in [-0.15, -0.1) is 0 Å². The molecule has 1 rings (SSSR count). The summed E-state index contributed by atoms with van der Waals surface area (Å²) in [5.41, 5.74) is 1.01. The minimum absolute atomic E-state index is 0.140. The van der Waals surface area contributed by atoms with E-state index in [1.165, 1.54) is 0 Å². The van der Waals surface area contributed by atoms with Crippen LogP contribution in [0.1, 0.15) is 18.9 Å². The van der Waals surface area contributed by atoms with Crippen LogP contribution in [0, 0.1) is 0 Å². The van der Waals surface area contributed by atoms with Crippen molar-refractivity contribution in [1.29, 1.82) is 0 Å². The number of phosphoric acid groups is 1. The molecule has 0 fully saturated rings. The van der Waals surface area contributed by atoms with Crippen LogP contribution in [0.2, 0.25) is 0 Å². The molecule has 0 radical (unpaired) electrons. The molecule has 0 heterocycles. The Bertz CT molecular complexity index is 440. The Morgan fingerprint density at radius 1 is 1.10 bits per heavy atom. The zero-order valence-electron chi connectivity index (χ0n) is 12.0. The fourth-order valence-corrected chi connectivity index (χ4v) is 2.43. The van der Waals surface area contributed by atoms with Gasteiger partial charge < -0.3 is 14.4 Å². The maximum atomic E-state index is 11.3. The van der Waals surface area contributed by atoms with E-state index >= 15 is 0 Å². The predicted octanol–water partition coefficient (Wildman–Crippen LogP) is 2.79. The van der Waals surface area contributed by atoms with Gasteiger partial charge in [0.1, 0.15) is 11.5 Å². The van der Waals surface area contributed by atoms with E-state index in [9.17, 15) is 9.46 Å². The highest BCUT2D eigenvalue weighted by Gasteiger charge is 2.19. The number of hydrogen-bond acceptors (Lipinski definition) is 5. The van der Waals surface area contributed by atoms with Crippen LogP contribution >= 0.6 is 7.82 Å². The molecule has 1 aromatic rings. The molecule has 0 amide bonds. The van der Waals surface area contributed by atoms with Crippen LogP contribution in [0.5, 0.6) is 11.5 Å². The first kappa shape index (κ1) is 17.0. The largest absolute Gasteiger partial charge is 0.497 e. The van der Waals surface area contributed by atoms with Crippen molar-refractivity contribution in [1.82, 2.24) is 0 Å². The summed E-state index contributed by atoms with van der Waals surface area (Å²) in [5.74, 6) is 1.42. The van der Waals surface area contributed by atoms with Crippen molar-refractivity contribution in [2.45, 2.75) is 19.8 Å². The molecule has 0 aliphatic heterocycles. The van der Waals surface area contributed by atoms with Gasteiger partial charge in [-0.25, -0.2) is 4.57 Å². The van der Waals surface area contributed by atoms with E-state index in [2.05, 4.69) is 4.52 Å². The lowest BCUT2D eigenvalue weighted by Gasteiger charge is -2.11. The van der Waals surface area contributed by atoms with Crippen LogP contribution in [0.4, 0.5) is 0 Å². The highest BCUT2D eigenvalue weighted by atomic mass is 31.2. The lowest BCUT2D eigenvalue weighted by atomic mass is 10.1. The normalized spacial score (nSPS) is 13.8. The quantitative estimate of drug-likeness (QED) is 0.558. The Balaban J connectivity index is 2.47. The van der Waals surface area contributed by atoms with Gasteiger partial charge >= 0.3 is 7.82 Å². The summed E-state index contributed by atoms with van der Waals surface area (Å²) in [6.45, 7) is 1.92.